The van der Waals surface area contributed by atoms with Crippen LogP contribution in [0.5, 0.6) is 0 Å². The highest BCUT2D eigenvalue weighted by atomic mass is 32.2. The number of sulfonamides is 1. The van der Waals surface area contributed by atoms with Crippen LogP contribution in [0.3, 0.4) is 0 Å². The van der Waals surface area contributed by atoms with Gasteiger partial charge < -0.3 is 9.31 Å². The number of carbonyl (C=O) groups excluding carboxylic acids is 1. The largest absolute Gasteiger partial charge is 0.461 e. The van der Waals surface area contributed by atoms with Crippen molar-refractivity contribution in [3.8, 4) is 0 Å². The van der Waals surface area contributed by atoms with Gasteiger partial charge in [0, 0.05) is 12.2 Å². The Morgan fingerprint density at radius 3 is 2.50 bits per heavy atom. The van der Waals surface area contributed by atoms with Crippen molar-refractivity contribution in [3.05, 3.63) is 35.9 Å². The first kappa shape index (κ1) is 24.5. The standard InChI is InChI=1S/C26H38BNO5S/c1-25(2)19-14-23(25)26(3)24(15-19)32-27(33-26)20(12-18-10-11-18)16-22(29)21(28-34(4,30)31)13-17-8-6-5-7-9-17/h5-9,18-21,23-24,28H,10-16H2,1-4H3/t19?,20-,21?,23-,24-,26+/m1/s1. The van der Waals surface area contributed by atoms with Crippen molar-refractivity contribution in [2.24, 2.45) is 23.2 Å². The van der Waals surface area contributed by atoms with Gasteiger partial charge in [-0.3, -0.25) is 4.79 Å². The summed E-state index contributed by atoms with van der Waals surface area (Å²) in [6, 6.07) is 8.79. The van der Waals surface area contributed by atoms with Crippen molar-refractivity contribution in [3.63, 3.8) is 0 Å². The molecule has 1 heterocycles. The second-order valence-electron chi connectivity index (χ2n) is 12.1. The fourth-order valence-corrected chi connectivity index (χ4v) is 7.64. The van der Waals surface area contributed by atoms with Crippen molar-refractivity contribution < 1.29 is 22.5 Å². The van der Waals surface area contributed by atoms with Gasteiger partial charge in [0.2, 0.25) is 10.0 Å². The van der Waals surface area contributed by atoms with Crippen LogP contribution in [-0.2, 0) is 30.5 Å². The normalized spacial score (nSPS) is 33.6. The Morgan fingerprint density at radius 1 is 1.18 bits per heavy atom. The zero-order chi connectivity index (χ0) is 24.3. The van der Waals surface area contributed by atoms with Crippen LogP contribution < -0.4 is 4.72 Å². The highest BCUT2D eigenvalue weighted by molar-refractivity contribution is 7.88. The third-order valence-corrected chi connectivity index (χ3v) is 9.89. The SMILES string of the molecule is CC1(C)C2C[C@H]1[C@]1(C)OB([C@@H](CC(=O)C(Cc3ccccc3)NS(C)(=O)=O)CC3CC3)O[C@@H]1C2. The Labute approximate surface area is 204 Å². The summed E-state index contributed by atoms with van der Waals surface area (Å²) in [5, 5.41) is 0. The third-order valence-electron chi connectivity index (χ3n) is 9.18. The average molecular weight is 487 g/mol. The minimum absolute atomic E-state index is 0.0534. The molecule has 0 spiro atoms. The van der Waals surface area contributed by atoms with Crippen molar-refractivity contribution in [2.75, 3.05) is 6.26 Å². The van der Waals surface area contributed by atoms with Gasteiger partial charge in [-0.15, -0.1) is 0 Å². The van der Waals surface area contributed by atoms with Gasteiger partial charge >= 0.3 is 7.12 Å². The van der Waals surface area contributed by atoms with Gasteiger partial charge in [-0.05, 0) is 61.3 Å². The number of carbonyl (C=O) groups is 1. The molecule has 34 heavy (non-hydrogen) atoms. The molecular formula is C26H38BNO5S. The molecular weight excluding hydrogens is 449 g/mol. The van der Waals surface area contributed by atoms with E-state index in [0.717, 1.165) is 24.7 Å². The molecule has 2 unspecified atom stereocenters. The molecule has 4 saturated carbocycles. The van der Waals surface area contributed by atoms with E-state index in [1.165, 1.54) is 19.3 Å². The number of hydrogen-bond donors (Lipinski definition) is 1. The molecule has 8 heteroatoms. The second kappa shape index (κ2) is 8.72. The number of Topliss-reactive ketones (excluding diaryl/α,β-unsaturated/α-hetero) is 1. The first-order valence-electron chi connectivity index (χ1n) is 12.8. The van der Waals surface area contributed by atoms with Crippen LogP contribution in [0.25, 0.3) is 0 Å². The number of rotatable bonds is 10. The molecule has 6 rings (SSSR count). The maximum Gasteiger partial charge on any atom is 0.461 e. The molecule has 5 aliphatic rings. The zero-order valence-electron chi connectivity index (χ0n) is 20.8. The average Bonchev–Trinajstić information content (AvgIpc) is 3.49. The van der Waals surface area contributed by atoms with Crippen LogP contribution in [-0.4, -0.2) is 45.3 Å². The summed E-state index contributed by atoms with van der Waals surface area (Å²) in [7, 11) is -3.93. The Kier molecular flexibility index (Phi) is 6.28. The molecule has 0 aromatic heterocycles. The number of benzene rings is 1. The van der Waals surface area contributed by atoms with E-state index in [4.69, 9.17) is 9.31 Å². The van der Waals surface area contributed by atoms with Gasteiger partial charge in [0.25, 0.3) is 0 Å². The lowest BCUT2D eigenvalue weighted by molar-refractivity contribution is -0.199. The Morgan fingerprint density at radius 2 is 1.88 bits per heavy atom. The molecule has 6 nitrogen and oxygen atoms in total. The topological polar surface area (TPSA) is 81.7 Å². The highest BCUT2D eigenvalue weighted by Gasteiger charge is 2.68. The summed E-state index contributed by atoms with van der Waals surface area (Å²) in [4.78, 5) is 13.5. The Bertz CT molecular complexity index is 1030. The van der Waals surface area contributed by atoms with Crippen molar-refractivity contribution in [1.82, 2.24) is 4.72 Å². The van der Waals surface area contributed by atoms with Gasteiger partial charge in [-0.1, -0.05) is 57.0 Å². The maximum absolute atomic E-state index is 13.5. The zero-order valence-corrected chi connectivity index (χ0v) is 21.6. The van der Waals surface area contributed by atoms with E-state index in [2.05, 4.69) is 25.5 Å². The third kappa shape index (κ3) is 4.76. The fourth-order valence-electron chi connectivity index (χ4n) is 6.90. The molecule has 0 radical (unpaired) electrons. The summed E-state index contributed by atoms with van der Waals surface area (Å²) < 4.78 is 40.0. The number of ketones is 1. The summed E-state index contributed by atoms with van der Waals surface area (Å²) >= 11 is 0. The van der Waals surface area contributed by atoms with Crippen LogP contribution in [0, 0.1) is 23.2 Å². The lowest BCUT2D eigenvalue weighted by Gasteiger charge is -2.64. The van der Waals surface area contributed by atoms with Crippen LogP contribution in [0.1, 0.15) is 64.9 Å². The quantitative estimate of drug-likeness (QED) is 0.505. The van der Waals surface area contributed by atoms with Gasteiger partial charge in [0.1, 0.15) is 0 Å². The Hall–Kier alpha value is -1.22. The van der Waals surface area contributed by atoms with Crippen LogP contribution in [0.2, 0.25) is 5.82 Å². The minimum Gasteiger partial charge on any atom is -0.405 e. The molecule has 5 fully saturated rings. The molecule has 4 aliphatic carbocycles. The second-order valence-corrected chi connectivity index (χ2v) is 13.9. The molecule has 2 bridgehead atoms. The summed E-state index contributed by atoms with van der Waals surface area (Å²) in [5.74, 6) is 1.62. The van der Waals surface area contributed by atoms with Crippen molar-refractivity contribution >= 4 is 22.9 Å². The monoisotopic (exact) mass is 487 g/mol. The summed E-state index contributed by atoms with van der Waals surface area (Å²) in [6.07, 6.45) is 7.29. The fraction of sp³-hybridized carbons (Fsp3) is 0.731. The van der Waals surface area contributed by atoms with E-state index in [-0.39, 0.29) is 35.1 Å². The lowest BCUT2D eigenvalue weighted by Crippen LogP contribution is -2.65. The van der Waals surface area contributed by atoms with E-state index in [1.54, 1.807) is 0 Å². The molecule has 1 saturated heterocycles. The Balaban J connectivity index is 1.32. The van der Waals surface area contributed by atoms with E-state index < -0.39 is 23.2 Å². The van der Waals surface area contributed by atoms with E-state index in [9.17, 15) is 13.2 Å². The van der Waals surface area contributed by atoms with Crippen LogP contribution in [0.4, 0.5) is 0 Å². The summed E-state index contributed by atoms with van der Waals surface area (Å²) in [6.45, 7) is 6.90. The minimum atomic E-state index is -3.53. The molecule has 1 aromatic rings. The number of nitrogens with one attached hydrogen (secondary N) is 1. The lowest BCUT2D eigenvalue weighted by atomic mass is 9.43. The maximum atomic E-state index is 13.5. The van der Waals surface area contributed by atoms with Gasteiger partial charge in [-0.25, -0.2) is 13.1 Å². The van der Waals surface area contributed by atoms with Crippen LogP contribution >= 0.6 is 0 Å². The van der Waals surface area contributed by atoms with Crippen molar-refractivity contribution in [2.45, 2.75) is 89.3 Å². The van der Waals surface area contributed by atoms with Crippen LogP contribution in [0.15, 0.2) is 30.3 Å². The molecule has 6 atom stereocenters. The predicted octanol–water partition coefficient (Wildman–Crippen LogP) is 4.00. The smallest absolute Gasteiger partial charge is 0.405 e. The highest BCUT2D eigenvalue weighted by Crippen LogP contribution is 2.66. The van der Waals surface area contributed by atoms with Gasteiger partial charge in [0.05, 0.1) is 24.0 Å². The first-order chi connectivity index (χ1) is 16.0. The van der Waals surface area contributed by atoms with Gasteiger partial charge in [-0.2, -0.15) is 0 Å². The van der Waals surface area contributed by atoms with E-state index in [0.29, 0.717) is 24.2 Å². The van der Waals surface area contributed by atoms with Crippen molar-refractivity contribution in [1.29, 1.82) is 0 Å². The molecule has 1 aliphatic heterocycles. The summed E-state index contributed by atoms with van der Waals surface area (Å²) in [5.41, 5.74) is 0.901. The van der Waals surface area contributed by atoms with Gasteiger partial charge in [0.15, 0.2) is 5.78 Å². The molecule has 186 valence electrons. The number of hydrogen-bond acceptors (Lipinski definition) is 5. The first-order valence-corrected chi connectivity index (χ1v) is 14.7. The molecule has 0 amide bonds. The predicted molar refractivity (Wildman–Crippen MR) is 133 cm³/mol. The molecule has 1 aromatic carbocycles. The molecule has 1 N–H and O–H groups in total. The van der Waals surface area contributed by atoms with E-state index in [1.807, 2.05) is 30.3 Å². The van der Waals surface area contributed by atoms with E-state index >= 15 is 0 Å².